The third kappa shape index (κ3) is 2.27. The maximum atomic E-state index is 13.7. The SMILES string of the molecule is CCCC(F)(F)c1ccc(C2(CO)COC2)cc1. The Morgan fingerprint density at radius 3 is 2.28 bits per heavy atom. The lowest BCUT2D eigenvalue weighted by Crippen LogP contribution is -2.49. The Kier molecular flexibility index (Phi) is 3.69. The molecular weight excluding hydrogens is 238 g/mol. The fourth-order valence-corrected chi connectivity index (χ4v) is 2.22. The molecule has 1 fully saturated rings. The van der Waals surface area contributed by atoms with E-state index in [1.807, 2.05) is 0 Å². The van der Waals surface area contributed by atoms with Gasteiger partial charge in [-0.05, 0) is 5.56 Å². The summed E-state index contributed by atoms with van der Waals surface area (Å²) in [5.41, 5.74) is 0.521. The number of alkyl halides is 2. The summed E-state index contributed by atoms with van der Waals surface area (Å²) in [4.78, 5) is 0. The van der Waals surface area contributed by atoms with E-state index >= 15 is 0 Å². The van der Waals surface area contributed by atoms with Gasteiger partial charge in [-0.3, -0.25) is 0 Å². The van der Waals surface area contributed by atoms with Crippen molar-refractivity contribution >= 4 is 0 Å². The van der Waals surface area contributed by atoms with Gasteiger partial charge < -0.3 is 9.84 Å². The number of hydrogen-bond acceptors (Lipinski definition) is 2. The molecule has 0 atom stereocenters. The molecule has 1 saturated heterocycles. The Labute approximate surface area is 106 Å². The molecule has 2 nitrogen and oxygen atoms in total. The van der Waals surface area contributed by atoms with Gasteiger partial charge in [-0.15, -0.1) is 0 Å². The lowest BCUT2D eigenvalue weighted by molar-refractivity contribution is -0.0842. The molecule has 0 aromatic heterocycles. The summed E-state index contributed by atoms with van der Waals surface area (Å²) in [5, 5.41) is 9.38. The Hall–Kier alpha value is -1.00. The topological polar surface area (TPSA) is 29.5 Å². The van der Waals surface area contributed by atoms with Crippen molar-refractivity contribution in [2.24, 2.45) is 0 Å². The summed E-state index contributed by atoms with van der Waals surface area (Å²) in [7, 11) is 0. The third-order valence-corrected chi connectivity index (χ3v) is 3.54. The van der Waals surface area contributed by atoms with Crippen LogP contribution in [0.15, 0.2) is 24.3 Å². The Balaban J connectivity index is 2.20. The monoisotopic (exact) mass is 256 g/mol. The first-order valence-electron chi connectivity index (χ1n) is 6.21. The minimum absolute atomic E-state index is 0.0162. The fourth-order valence-electron chi connectivity index (χ4n) is 2.22. The van der Waals surface area contributed by atoms with E-state index in [0.717, 1.165) is 5.56 Å². The molecule has 1 N–H and O–H groups in total. The highest BCUT2D eigenvalue weighted by Gasteiger charge is 2.40. The molecule has 0 bridgehead atoms. The van der Waals surface area contributed by atoms with E-state index in [0.29, 0.717) is 19.6 Å². The molecule has 1 aliphatic rings. The van der Waals surface area contributed by atoms with Crippen molar-refractivity contribution in [1.82, 2.24) is 0 Å². The standard InChI is InChI=1S/C14H18F2O2/c1-2-7-14(15,16)12-5-3-11(4-6-12)13(8-17)9-18-10-13/h3-6,17H,2,7-10H2,1H3. The van der Waals surface area contributed by atoms with E-state index in [4.69, 9.17) is 4.74 Å². The lowest BCUT2D eigenvalue weighted by Gasteiger charge is -2.40. The van der Waals surface area contributed by atoms with Crippen LogP contribution >= 0.6 is 0 Å². The second-order valence-corrected chi connectivity index (χ2v) is 4.96. The zero-order valence-electron chi connectivity index (χ0n) is 10.5. The Morgan fingerprint density at radius 1 is 1.28 bits per heavy atom. The van der Waals surface area contributed by atoms with Gasteiger partial charge in [0.25, 0.3) is 5.92 Å². The molecule has 2 rings (SSSR count). The van der Waals surface area contributed by atoms with Crippen molar-refractivity contribution in [2.75, 3.05) is 19.8 Å². The summed E-state index contributed by atoms with van der Waals surface area (Å²) in [5.74, 6) is -2.77. The van der Waals surface area contributed by atoms with Crippen LogP contribution in [0.5, 0.6) is 0 Å². The van der Waals surface area contributed by atoms with Crippen molar-refractivity contribution in [2.45, 2.75) is 31.1 Å². The molecule has 18 heavy (non-hydrogen) atoms. The molecule has 1 aliphatic heterocycles. The quantitative estimate of drug-likeness (QED) is 0.877. The number of aliphatic hydroxyl groups is 1. The van der Waals surface area contributed by atoms with Crippen molar-refractivity contribution in [3.8, 4) is 0 Å². The molecule has 0 saturated carbocycles. The normalized spacial score (nSPS) is 18.4. The van der Waals surface area contributed by atoms with E-state index in [-0.39, 0.29) is 18.6 Å². The van der Waals surface area contributed by atoms with Gasteiger partial charge in [0.1, 0.15) is 0 Å². The number of aliphatic hydroxyl groups excluding tert-OH is 1. The van der Waals surface area contributed by atoms with Crippen LogP contribution in [0.3, 0.4) is 0 Å². The first-order valence-corrected chi connectivity index (χ1v) is 6.21. The first-order chi connectivity index (χ1) is 8.54. The Morgan fingerprint density at radius 2 is 1.89 bits per heavy atom. The van der Waals surface area contributed by atoms with Crippen LogP contribution < -0.4 is 0 Å². The molecule has 1 aromatic rings. The van der Waals surface area contributed by atoms with Crippen molar-refractivity contribution < 1.29 is 18.6 Å². The average molecular weight is 256 g/mol. The van der Waals surface area contributed by atoms with E-state index in [9.17, 15) is 13.9 Å². The Bertz CT molecular complexity index is 391. The lowest BCUT2D eigenvalue weighted by atomic mass is 9.79. The molecule has 1 aromatic carbocycles. The molecule has 100 valence electrons. The zero-order chi connectivity index (χ0) is 13.2. The highest BCUT2D eigenvalue weighted by Crippen LogP contribution is 2.36. The predicted octanol–water partition coefficient (Wildman–Crippen LogP) is 2.84. The summed E-state index contributed by atoms with van der Waals surface area (Å²) in [6.45, 7) is 2.63. The smallest absolute Gasteiger partial charge is 0.273 e. The zero-order valence-corrected chi connectivity index (χ0v) is 10.5. The minimum atomic E-state index is -2.77. The maximum Gasteiger partial charge on any atom is 0.273 e. The molecule has 1 heterocycles. The number of benzene rings is 1. The van der Waals surface area contributed by atoms with Gasteiger partial charge in [0, 0.05) is 12.0 Å². The van der Waals surface area contributed by atoms with Gasteiger partial charge in [0.2, 0.25) is 0 Å². The summed E-state index contributed by atoms with van der Waals surface area (Å²) >= 11 is 0. The summed E-state index contributed by atoms with van der Waals surface area (Å²) in [6, 6.07) is 6.27. The first kappa shape index (κ1) is 13.4. The van der Waals surface area contributed by atoms with Gasteiger partial charge in [-0.1, -0.05) is 37.6 Å². The van der Waals surface area contributed by atoms with Crippen molar-refractivity contribution in [1.29, 1.82) is 0 Å². The largest absolute Gasteiger partial charge is 0.395 e. The van der Waals surface area contributed by atoms with Crippen molar-refractivity contribution in [3.05, 3.63) is 35.4 Å². The summed E-state index contributed by atoms with van der Waals surface area (Å²) < 4.78 is 32.5. The van der Waals surface area contributed by atoms with Crippen LogP contribution in [-0.4, -0.2) is 24.9 Å². The fraction of sp³-hybridized carbons (Fsp3) is 0.571. The second kappa shape index (κ2) is 4.94. The van der Waals surface area contributed by atoms with E-state index < -0.39 is 11.3 Å². The van der Waals surface area contributed by atoms with Crippen LogP contribution in [0.1, 0.15) is 30.9 Å². The van der Waals surface area contributed by atoms with Gasteiger partial charge in [-0.2, -0.15) is 0 Å². The van der Waals surface area contributed by atoms with E-state index in [1.54, 1.807) is 19.1 Å². The highest BCUT2D eigenvalue weighted by molar-refractivity contribution is 5.33. The number of hydrogen-bond donors (Lipinski definition) is 1. The molecular formula is C14H18F2O2. The number of ether oxygens (including phenoxy) is 1. The van der Waals surface area contributed by atoms with Gasteiger partial charge in [0.05, 0.1) is 25.2 Å². The van der Waals surface area contributed by atoms with Gasteiger partial charge in [0.15, 0.2) is 0 Å². The maximum absolute atomic E-state index is 13.7. The van der Waals surface area contributed by atoms with Crippen molar-refractivity contribution in [3.63, 3.8) is 0 Å². The molecule has 0 unspecified atom stereocenters. The molecule has 0 amide bonds. The van der Waals surface area contributed by atoms with Gasteiger partial charge in [-0.25, -0.2) is 8.78 Å². The average Bonchev–Trinajstić information content (AvgIpc) is 2.29. The van der Waals surface area contributed by atoms with Crippen LogP contribution in [0.25, 0.3) is 0 Å². The van der Waals surface area contributed by atoms with Crippen LogP contribution in [0.4, 0.5) is 8.78 Å². The van der Waals surface area contributed by atoms with Crippen LogP contribution in [-0.2, 0) is 16.1 Å². The predicted molar refractivity (Wildman–Crippen MR) is 64.8 cm³/mol. The second-order valence-electron chi connectivity index (χ2n) is 4.96. The van der Waals surface area contributed by atoms with E-state index in [1.165, 1.54) is 12.1 Å². The van der Waals surface area contributed by atoms with Crippen LogP contribution in [0, 0.1) is 0 Å². The molecule has 0 radical (unpaired) electrons. The molecule has 4 heteroatoms. The van der Waals surface area contributed by atoms with Gasteiger partial charge >= 0.3 is 0 Å². The summed E-state index contributed by atoms with van der Waals surface area (Å²) in [6.07, 6.45) is 0.309. The molecule has 0 spiro atoms. The third-order valence-electron chi connectivity index (χ3n) is 3.54. The number of halogens is 2. The minimum Gasteiger partial charge on any atom is -0.395 e. The van der Waals surface area contributed by atoms with Crippen LogP contribution in [0.2, 0.25) is 0 Å². The van der Waals surface area contributed by atoms with E-state index in [2.05, 4.69) is 0 Å². The molecule has 0 aliphatic carbocycles. The number of rotatable bonds is 5. The highest BCUT2D eigenvalue weighted by atomic mass is 19.3.